The van der Waals surface area contributed by atoms with Crippen molar-refractivity contribution in [1.29, 1.82) is 0 Å². The number of imidazole rings is 1. The van der Waals surface area contributed by atoms with Crippen molar-refractivity contribution in [3.63, 3.8) is 0 Å². The molecule has 1 aromatic rings. The maximum atomic E-state index is 11.6. The molecule has 0 spiro atoms. The average Bonchev–Trinajstić information content (AvgIpc) is 2.95. The van der Waals surface area contributed by atoms with E-state index in [-0.39, 0.29) is 12.2 Å². The minimum Gasteiger partial charge on any atom is -0.468 e. The number of aromatic nitrogens is 2. The molecule has 1 fully saturated rings. The lowest BCUT2D eigenvalue weighted by Gasteiger charge is -1.99. The van der Waals surface area contributed by atoms with Crippen LogP contribution in [0.4, 0.5) is 0 Å². The molecule has 1 heterocycles. The smallest absolute Gasteiger partial charge is 0.328 e. The van der Waals surface area contributed by atoms with Gasteiger partial charge in [0.2, 0.25) is 0 Å². The molecular formula is C9H12N2O3. The van der Waals surface area contributed by atoms with E-state index in [0.717, 1.165) is 12.8 Å². The van der Waals surface area contributed by atoms with Crippen LogP contribution in [0.2, 0.25) is 0 Å². The largest absolute Gasteiger partial charge is 0.468 e. The molecule has 5 heteroatoms. The van der Waals surface area contributed by atoms with Gasteiger partial charge in [-0.3, -0.25) is 13.9 Å². The van der Waals surface area contributed by atoms with Crippen LogP contribution >= 0.6 is 0 Å². The van der Waals surface area contributed by atoms with Crippen molar-refractivity contribution >= 4 is 5.97 Å². The third-order valence-corrected chi connectivity index (χ3v) is 2.34. The van der Waals surface area contributed by atoms with Crippen molar-refractivity contribution in [3.8, 4) is 0 Å². The van der Waals surface area contributed by atoms with Crippen LogP contribution < -0.4 is 5.69 Å². The minimum absolute atomic E-state index is 0.00491. The van der Waals surface area contributed by atoms with Gasteiger partial charge in [0.05, 0.1) is 7.11 Å². The second-order valence-corrected chi connectivity index (χ2v) is 3.42. The van der Waals surface area contributed by atoms with Gasteiger partial charge in [0, 0.05) is 18.4 Å². The monoisotopic (exact) mass is 196 g/mol. The molecule has 1 aliphatic rings. The van der Waals surface area contributed by atoms with Crippen molar-refractivity contribution < 1.29 is 9.53 Å². The first-order valence-corrected chi connectivity index (χ1v) is 4.56. The molecule has 1 aliphatic carbocycles. The SMILES string of the molecule is COC(=O)Cn1ccn(C2CC2)c1=O. The van der Waals surface area contributed by atoms with Gasteiger partial charge >= 0.3 is 11.7 Å². The molecule has 0 atom stereocenters. The third kappa shape index (κ3) is 1.57. The molecule has 0 saturated heterocycles. The number of ether oxygens (including phenoxy) is 1. The molecule has 14 heavy (non-hydrogen) atoms. The summed E-state index contributed by atoms with van der Waals surface area (Å²) in [5.74, 6) is -0.402. The van der Waals surface area contributed by atoms with Gasteiger partial charge in [-0.1, -0.05) is 0 Å². The van der Waals surface area contributed by atoms with Gasteiger partial charge in [0.1, 0.15) is 6.54 Å². The van der Waals surface area contributed by atoms with E-state index in [4.69, 9.17) is 0 Å². The predicted molar refractivity (Wildman–Crippen MR) is 49.0 cm³/mol. The van der Waals surface area contributed by atoms with Gasteiger partial charge in [0.15, 0.2) is 0 Å². The molecule has 0 N–H and O–H groups in total. The summed E-state index contributed by atoms with van der Waals surface area (Å²) in [6, 6.07) is 0.349. The number of rotatable bonds is 3. The highest BCUT2D eigenvalue weighted by molar-refractivity contribution is 5.68. The summed E-state index contributed by atoms with van der Waals surface area (Å²) >= 11 is 0. The van der Waals surface area contributed by atoms with Crippen LogP contribution in [0.25, 0.3) is 0 Å². The highest BCUT2D eigenvalue weighted by Gasteiger charge is 2.25. The van der Waals surface area contributed by atoms with Crippen molar-refractivity contribution in [2.24, 2.45) is 0 Å². The Morgan fingerprint density at radius 1 is 1.57 bits per heavy atom. The summed E-state index contributed by atoms with van der Waals surface area (Å²) in [6.45, 7) is -0.00491. The van der Waals surface area contributed by atoms with E-state index < -0.39 is 5.97 Å². The Labute approximate surface area is 80.9 Å². The number of esters is 1. The summed E-state index contributed by atoms with van der Waals surface area (Å²) < 4.78 is 7.52. The number of hydrogen-bond donors (Lipinski definition) is 0. The van der Waals surface area contributed by atoms with Gasteiger partial charge in [-0.2, -0.15) is 0 Å². The maximum absolute atomic E-state index is 11.6. The lowest BCUT2D eigenvalue weighted by atomic mass is 10.6. The van der Waals surface area contributed by atoms with Crippen molar-refractivity contribution in [2.45, 2.75) is 25.4 Å². The molecule has 0 unspecified atom stereocenters. The van der Waals surface area contributed by atoms with E-state index in [0.29, 0.717) is 6.04 Å². The summed E-state index contributed by atoms with van der Waals surface area (Å²) in [4.78, 5) is 22.6. The van der Waals surface area contributed by atoms with E-state index in [1.807, 2.05) is 0 Å². The number of nitrogens with zero attached hydrogens (tertiary/aromatic N) is 2. The van der Waals surface area contributed by atoms with Crippen LogP contribution in [0, 0.1) is 0 Å². The minimum atomic E-state index is -0.402. The van der Waals surface area contributed by atoms with Crippen LogP contribution in [-0.4, -0.2) is 22.2 Å². The van der Waals surface area contributed by atoms with Gasteiger partial charge in [-0.05, 0) is 12.8 Å². The van der Waals surface area contributed by atoms with Crippen molar-refractivity contribution in [2.75, 3.05) is 7.11 Å². The second-order valence-electron chi connectivity index (χ2n) is 3.42. The topological polar surface area (TPSA) is 53.2 Å². The van der Waals surface area contributed by atoms with Crippen LogP contribution in [0.5, 0.6) is 0 Å². The van der Waals surface area contributed by atoms with E-state index in [1.54, 1.807) is 17.0 Å². The number of methoxy groups -OCH3 is 1. The Morgan fingerprint density at radius 2 is 2.29 bits per heavy atom. The van der Waals surface area contributed by atoms with Crippen molar-refractivity contribution in [3.05, 3.63) is 22.9 Å². The summed E-state index contributed by atoms with van der Waals surface area (Å²) in [5.41, 5.74) is -0.127. The zero-order chi connectivity index (χ0) is 10.1. The zero-order valence-electron chi connectivity index (χ0n) is 7.97. The molecule has 5 nitrogen and oxygen atoms in total. The fourth-order valence-corrected chi connectivity index (χ4v) is 1.38. The molecule has 0 radical (unpaired) electrons. The molecule has 0 bridgehead atoms. The van der Waals surface area contributed by atoms with Crippen LogP contribution in [0.3, 0.4) is 0 Å². The predicted octanol–water partition coefficient (Wildman–Crippen LogP) is 0.158. The number of carbonyl (C=O) groups excluding carboxylic acids is 1. The Hall–Kier alpha value is -1.52. The Kier molecular flexibility index (Phi) is 2.15. The average molecular weight is 196 g/mol. The number of hydrogen-bond acceptors (Lipinski definition) is 3. The summed E-state index contributed by atoms with van der Waals surface area (Å²) in [5, 5.41) is 0. The first kappa shape index (κ1) is 9.05. The molecule has 1 aromatic heterocycles. The Morgan fingerprint density at radius 3 is 2.86 bits per heavy atom. The van der Waals surface area contributed by atoms with Crippen LogP contribution in [0.15, 0.2) is 17.2 Å². The van der Waals surface area contributed by atoms with E-state index in [9.17, 15) is 9.59 Å². The molecule has 2 rings (SSSR count). The highest BCUT2D eigenvalue weighted by Crippen LogP contribution is 2.33. The molecule has 0 aliphatic heterocycles. The van der Waals surface area contributed by atoms with Gasteiger partial charge in [0.25, 0.3) is 0 Å². The third-order valence-electron chi connectivity index (χ3n) is 2.34. The first-order valence-electron chi connectivity index (χ1n) is 4.56. The normalized spacial score (nSPS) is 15.5. The van der Waals surface area contributed by atoms with E-state index in [2.05, 4.69) is 4.74 Å². The molecule has 76 valence electrons. The molecule has 1 saturated carbocycles. The van der Waals surface area contributed by atoms with Crippen molar-refractivity contribution in [1.82, 2.24) is 9.13 Å². The zero-order valence-corrected chi connectivity index (χ0v) is 7.97. The quantitative estimate of drug-likeness (QED) is 0.647. The van der Waals surface area contributed by atoms with Gasteiger partial charge < -0.3 is 4.74 Å². The molecular weight excluding hydrogens is 184 g/mol. The van der Waals surface area contributed by atoms with E-state index >= 15 is 0 Å². The van der Waals surface area contributed by atoms with E-state index in [1.165, 1.54) is 11.7 Å². The highest BCUT2D eigenvalue weighted by atomic mass is 16.5. The number of carbonyl (C=O) groups is 1. The van der Waals surface area contributed by atoms with Gasteiger partial charge in [-0.15, -0.1) is 0 Å². The Bertz CT molecular complexity index is 400. The first-order chi connectivity index (χ1) is 6.72. The van der Waals surface area contributed by atoms with Crippen LogP contribution in [-0.2, 0) is 16.1 Å². The fraction of sp³-hybridized carbons (Fsp3) is 0.556. The standard InChI is InChI=1S/C9H12N2O3/c1-14-8(12)6-10-4-5-11(9(10)13)7-2-3-7/h4-5,7H,2-3,6H2,1H3. The lowest BCUT2D eigenvalue weighted by molar-refractivity contribution is -0.141. The maximum Gasteiger partial charge on any atom is 0.328 e. The Balaban J connectivity index is 2.18. The summed E-state index contributed by atoms with van der Waals surface area (Å²) in [6.07, 6.45) is 5.46. The fourth-order valence-electron chi connectivity index (χ4n) is 1.38. The lowest BCUT2D eigenvalue weighted by Crippen LogP contribution is -2.26. The second kappa shape index (κ2) is 3.32. The summed E-state index contributed by atoms with van der Waals surface area (Å²) in [7, 11) is 1.31. The molecule has 0 amide bonds. The molecule has 0 aromatic carbocycles. The van der Waals surface area contributed by atoms with Crippen LogP contribution in [0.1, 0.15) is 18.9 Å². The van der Waals surface area contributed by atoms with Gasteiger partial charge in [-0.25, -0.2) is 4.79 Å².